The van der Waals surface area contributed by atoms with E-state index in [2.05, 4.69) is 6.92 Å². The average molecular weight is 282 g/mol. The lowest BCUT2D eigenvalue weighted by Gasteiger charge is -2.73. The molecule has 13 atom stereocenters. The van der Waals surface area contributed by atoms with E-state index in [-0.39, 0.29) is 0 Å². The highest BCUT2D eigenvalue weighted by Gasteiger charge is 2.71. The van der Waals surface area contributed by atoms with Gasteiger partial charge < -0.3 is 0 Å². The predicted molar refractivity (Wildman–Crippen MR) is 83.4 cm³/mol. The zero-order chi connectivity index (χ0) is 13.5. The minimum atomic E-state index is 1.13. The summed E-state index contributed by atoms with van der Waals surface area (Å²) in [5.41, 5.74) is 0. The van der Waals surface area contributed by atoms with Gasteiger partial charge in [0.1, 0.15) is 0 Å². The molecule has 0 nitrogen and oxygen atoms in total. The summed E-state index contributed by atoms with van der Waals surface area (Å²) in [6.45, 7) is 2.64. The highest BCUT2D eigenvalue weighted by Crippen LogP contribution is 2.77. The van der Waals surface area contributed by atoms with Gasteiger partial charge in [-0.3, -0.25) is 0 Å². The van der Waals surface area contributed by atoms with E-state index in [0.29, 0.717) is 0 Å². The third kappa shape index (κ3) is 1.18. The summed E-state index contributed by atoms with van der Waals surface area (Å²) < 4.78 is 0. The molecule has 0 aromatic heterocycles. The van der Waals surface area contributed by atoms with Gasteiger partial charge in [0.15, 0.2) is 0 Å². The monoisotopic (exact) mass is 282 g/mol. The van der Waals surface area contributed by atoms with Crippen molar-refractivity contribution in [3.63, 3.8) is 0 Å². The van der Waals surface area contributed by atoms with Gasteiger partial charge in [-0.15, -0.1) is 0 Å². The minimum absolute atomic E-state index is 1.13. The van der Waals surface area contributed by atoms with Gasteiger partial charge >= 0.3 is 0 Å². The van der Waals surface area contributed by atoms with E-state index in [1.54, 1.807) is 44.9 Å². The molecule has 0 aliphatic heterocycles. The van der Waals surface area contributed by atoms with Gasteiger partial charge in [-0.1, -0.05) is 6.92 Å². The normalized spacial score (nSPS) is 75.0. The first kappa shape index (κ1) is 11.5. The van der Waals surface area contributed by atoms with Crippen molar-refractivity contribution in [3.05, 3.63) is 0 Å². The van der Waals surface area contributed by atoms with Gasteiger partial charge in [0.05, 0.1) is 0 Å². The van der Waals surface area contributed by atoms with Crippen molar-refractivity contribution >= 4 is 0 Å². The molecule has 0 amide bonds. The molecule has 0 radical (unpaired) electrons. The Balaban J connectivity index is 1.10. The van der Waals surface area contributed by atoms with Crippen LogP contribution in [0.4, 0.5) is 0 Å². The van der Waals surface area contributed by atoms with E-state index in [1.807, 2.05) is 0 Å². The molecule has 7 saturated carbocycles. The van der Waals surface area contributed by atoms with Crippen molar-refractivity contribution in [1.29, 1.82) is 0 Å². The summed E-state index contributed by atoms with van der Waals surface area (Å²) >= 11 is 0. The third-order valence-corrected chi connectivity index (χ3v) is 10.4. The van der Waals surface area contributed by atoms with Crippen molar-refractivity contribution in [3.8, 4) is 0 Å². The molecule has 0 saturated heterocycles. The Hall–Kier alpha value is 0. The first-order valence-electron chi connectivity index (χ1n) is 10.3. The molecule has 7 aliphatic carbocycles. The first-order chi connectivity index (χ1) is 10.3. The molecular formula is C21H30. The van der Waals surface area contributed by atoms with E-state index >= 15 is 0 Å². The Labute approximate surface area is 129 Å². The topological polar surface area (TPSA) is 0 Å². The van der Waals surface area contributed by atoms with E-state index in [1.165, 1.54) is 71.0 Å². The summed E-state index contributed by atoms with van der Waals surface area (Å²) in [4.78, 5) is 0. The van der Waals surface area contributed by atoms with Crippen LogP contribution in [-0.2, 0) is 0 Å². The van der Waals surface area contributed by atoms with Crippen LogP contribution in [0.25, 0.3) is 0 Å². The highest BCUT2D eigenvalue weighted by atomic mass is 14.8. The Morgan fingerprint density at radius 3 is 1.81 bits per heavy atom. The Morgan fingerprint density at radius 1 is 0.476 bits per heavy atom. The number of hydrogen-bond donors (Lipinski definition) is 0. The Bertz CT molecular complexity index is 508. The van der Waals surface area contributed by atoms with Gasteiger partial charge in [-0.2, -0.15) is 0 Å². The summed E-state index contributed by atoms with van der Waals surface area (Å²) in [6.07, 6.45) is 11.4. The molecule has 11 unspecified atom stereocenters. The second kappa shape index (κ2) is 3.41. The fraction of sp³-hybridized carbons (Fsp3) is 1.00. The van der Waals surface area contributed by atoms with Crippen molar-refractivity contribution in [2.24, 2.45) is 76.9 Å². The fourth-order valence-electron chi connectivity index (χ4n) is 9.22. The maximum absolute atomic E-state index is 2.64. The first-order valence-corrected chi connectivity index (χ1v) is 10.3. The molecule has 0 spiro atoms. The lowest BCUT2D eigenvalue weighted by Crippen LogP contribution is -2.68. The second-order valence-corrected chi connectivity index (χ2v) is 10.5. The molecule has 0 aromatic rings. The molecule has 7 aliphatic rings. The standard InChI is InChI=1S/C21H30/c1-9-19-13-4-5-14(13)21(19)20(9)18-8-17(18)16-7-10-6-15(10)11-2-3-12(11)16/h9-21H,2-8H2,1H3/t9-,10?,11?,12?,13?,14?,15?,16?,17-,18?,19?,20?,21?/m1/s1. The number of fused-ring (bicyclic) bond motifs is 7. The van der Waals surface area contributed by atoms with Gasteiger partial charge in [0, 0.05) is 0 Å². The molecule has 0 aromatic carbocycles. The van der Waals surface area contributed by atoms with Crippen molar-refractivity contribution in [2.45, 2.75) is 51.9 Å². The lowest BCUT2D eigenvalue weighted by atomic mass is 9.32. The maximum atomic E-state index is 2.64. The highest BCUT2D eigenvalue weighted by molar-refractivity contribution is 5.19. The Kier molecular flexibility index (Phi) is 1.87. The molecule has 7 rings (SSSR count). The van der Waals surface area contributed by atoms with Crippen LogP contribution in [0, 0.1) is 76.9 Å². The van der Waals surface area contributed by atoms with Crippen LogP contribution >= 0.6 is 0 Å². The molecule has 7 fully saturated rings. The molecule has 114 valence electrons. The number of rotatable bonds is 2. The predicted octanol–water partition coefficient (Wildman–Crippen LogP) is 4.84. The van der Waals surface area contributed by atoms with Crippen LogP contribution in [0.5, 0.6) is 0 Å². The van der Waals surface area contributed by atoms with E-state index in [9.17, 15) is 0 Å². The second-order valence-electron chi connectivity index (χ2n) is 10.5. The van der Waals surface area contributed by atoms with Gasteiger partial charge in [-0.05, 0) is 122 Å². The van der Waals surface area contributed by atoms with Crippen LogP contribution < -0.4 is 0 Å². The Morgan fingerprint density at radius 2 is 1.05 bits per heavy atom. The number of hydrogen-bond acceptors (Lipinski definition) is 0. The molecule has 0 bridgehead atoms. The van der Waals surface area contributed by atoms with E-state index < -0.39 is 0 Å². The van der Waals surface area contributed by atoms with Crippen molar-refractivity contribution < 1.29 is 0 Å². The quantitative estimate of drug-likeness (QED) is 0.679. The minimum Gasteiger partial charge on any atom is -0.0619 e. The third-order valence-electron chi connectivity index (χ3n) is 10.4. The van der Waals surface area contributed by atoms with Crippen LogP contribution in [-0.4, -0.2) is 0 Å². The molecule has 0 heterocycles. The zero-order valence-corrected chi connectivity index (χ0v) is 13.5. The smallest absolute Gasteiger partial charge is 0.0315 e. The summed E-state index contributed by atoms with van der Waals surface area (Å²) in [6, 6.07) is 0. The average Bonchev–Trinajstić information content (AvgIpc) is 3.28. The molecule has 21 heavy (non-hydrogen) atoms. The van der Waals surface area contributed by atoms with Crippen LogP contribution in [0.3, 0.4) is 0 Å². The summed E-state index contributed by atoms with van der Waals surface area (Å²) in [5.74, 6) is 15.7. The zero-order valence-electron chi connectivity index (χ0n) is 13.5. The SMILES string of the molecule is C[C@@H]1C2C3CCC3C2C1C1C[C@@H]1C1CC2CC2C2CCC21. The van der Waals surface area contributed by atoms with Crippen molar-refractivity contribution in [2.75, 3.05) is 0 Å². The summed E-state index contributed by atoms with van der Waals surface area (Å²) in [7, 11) is 0. The summed E-state index contributed by atoms with van der Waals surface area (Å²) in [5, 5.41) is 0. The van der Waals surface area contributed by atoms with Gasteiger partial charge in [0.25, 0.3) is 0 Å². The van der Waals surface area contributed by atoms with E-state index in [4.69, 9.17) is 0 Å². The molecule has 0 heteroatoms. The van der Waals surface area contributed by atoms with Crippen LogP contribution in [0.15, 0.2) is 0 Å². The lowest BCUT2D eigenvalue weighted by molar-refractivity contribution is -0.252. The van der Waals surface area contributed by atoms with Crippen LogP contribution in [0.1, 0.15) is 51.9 Å². The van der Waals surface area contributed by atoms with Crippen LogP contribution in [0.2, 0.25) is 0 Å². The maximum Gasteiger partial charge on any atom is -0.0315 e. The van der Waals surface area contributed by atoms with Crippen molar-refractivity contribution in [1.82, 2.24) is 0 Å². The van der Waals surface area contributed by atoms with E-state index in [0.717, 1.165) is 5.92 Å². The van der Waals surface area contributed by atoms with Gasteiger partial charge in [0.2, 0.25) is 0 Å². The largest absolute Gasteiger partial charge is 0.0619 e. The molecule has 0 N–H and O–H groups in total. The fourth-order valence-corrected chi connectivity index (χ4v) is 9.22. The van der Waals surface area contributed by atoms with Gasteiger partial charge in [-0.25, -0.2) is 0 Å². The molecular weight excluding hydrogens is 252 g/mol.